The quantitative estimate of drug-likeness (QED) is 0.565. The summed E-state index contributed by atoms with van der Waals surface area (Å²) in [6, 6.07) is 9.88. The molecule has 0 saturated carbocycles. The zero-order valence-electron chi connectivity index (χ0n) is 7.91. The van der Waals surface area contributed by atoms with Crippen LogP contribution in [0.25, 0.3) is 0 Å². The van der Waals surface area contributed by atoms with Crippen molar-refractivity contribution in [3.8, 4) is 0 Å². The molecule has 12 heavy (non-hydrogen) atoms. The molecule has 0 N–H and O–H groups in total. The lowest BCUT2D eigenvalue weighted by molar-refractivity contribution is 0.233. The van der Waals surface area contributed by atoms with E-state index in [1.54, 1.807) is 0 Å². The van der Waals surface area contributed by atoms with Crippen LogP contribution in [0.2, 0.25) is 0 Å². The van der Waals surface area contributed by atoms with E-state index >= 15 is 0 Å². The normalized spacial score (nSPS) is 28.9. The first-order valence-electron chi connectivity index (χ1n) is 4.52. The second kappa shape index (κ2) is 2.60. The van der Waals surface area contributed by atoms with Crippen molar-refractivity contribution in [2.45, 2.75) is 25.9 Å². The Labute approximate surface area is 74.0 Å². The summed E-state index contributed by atoms with van der Waals surface area (Å²) in [6.07, 6.45) is 0. The molecule has 1 aromatic rings. The van der Waals surface area contributed by atoms with Crippen molar-refractivity contribution >= 4 is 0 Å². The van der Waals surface area contributed by atoms with E-state index < -0.39 is 0 Å². The van der Waals surface area contributed by atoms with Gasteiger partial charge < -0.3 is 0 Å². The zero-order valence-corrected chi connectivity index (χ0v) is 7.91. The first-order valence-corrected chi connectivity index (χ1v) is 4.52. The molecule has 0 saturated heterocycles. The molecule has 0 amide bonds. The average molecular weight is 161 g/mol. The van der Waals surface area contributed by atoms with Gasteiger partial charge in [0.05, 0.1) is 0 Å². The number of nitrogens with zero attached hydrogens (tertiary/aromatic N) is 1. The minimum Gasteiger partial charge on any atom is -0.293 e. The lowest BCUT2D eigenvalue weighted by Gasteiger charge is -2.19. The van der Waals surface area contributed by atoms with Gasteiger partial charge >= 0.3 is 0 Å². The van der Waals surface area contributed by atoms with Gasteiger partial charge in [0, 0.05) is 12.1 Å². The fourth-order valence-electron chi connectivity index (χ4n) is 2.05. The first-order chi connectivity index (χ1) is 5.72. The molecule has 1 aliphatic rings. The minimum atomic E-state index is 0.580. The summed E-state index contributed by atoms with van der Waals surface area (Å²) >= 11 is 0. The van der Waals surface area contributed by atoms with Gasteiger partial charge in [0.2, 0.25) is 0 Å². The molecular formula is C11H15N. The molecule has 2 rings (SSSR count). The van der Waals surface area contributed by atoms with E-state index in [9.17, 15) is 0 Å². The summed E-state index contributed by atoms with van der Waals surface area (Å²) in [6.45, 7) is 4.53. The molecule has 1 aliphatic heterocycles. The van der Waals surface area contributed by atoms with Crippen LogP contribution in [-0.4, -0.2) is 11.9 Å². The maximum absolute atomic E-state index is 2.41. The van der Waals surface area contributed by atoms with Crippen LogP contribution in [0.1, 0.15) is 37.1 Å². The minimum absolute atomic E-state index is 0.580. The second-order valence-corrected chi connectivity index (χ2v) is 3.65. The van der Waals surface area contributed by atoms with Gasteiger partial charge in [0.15, 0.2) is 0 Å². The van der Waals surface area contributed by atoms with Gasteiger partial charge in [-0.15, -0.1) is 0 Å². The largest absolute Gasteiger partial charge is 0.293 e. The second-order valence-electron chi connectivity index (χ2n) is 3.65. The molecule has 0 aromatic heterocycles. The van der Waals surface area contributed by atoms with Gasteiger partial charge in [-0.3, -0.25) is 4.90 Å². The summed E-state index contributed by atoms with van der Waals surface area (Å²) in [5.41, 5.74) is 2.99. The van der Waals surface area contributed by atoms with Crippen molar-refractivity contribution in [1.82, 2.24) is 4.90 Å². The molecule has 1 nitrogen and oxygen atoms in total. The number of hydrogen-bond acceptors (Lipinski definition) is 1. The maximum atomic E-state index is 2.41. The highest BCUT2D eigenvalue weighted by atomic mass is 15.2. The molecule has 0 aliphatic carbocycles. The Morgan fingerprint density at radius 1 is 1.00 bits per heavy atom. The predicted octanol–water partition coefficient (Wildman–Crippen LogP) is 2.75. The van der Waals surface area contributed by atoms with Crippen LogP contribution < -0.4 is 0 Å². The lowest BCUT2D eigenvalue weighted by atomic mass is 10.0. The van der Waals surface area contributed by atoms with Crippen LogP contribution in [0.15, 0.2) is 24.3 Å². The summed E-state index contributed by atoms with van der Waals surface area (Å²) in [4.78, 5) is 2.41. The molecule has 0 bridgehead atoms. The van der Waals surface area contributed by atoms with Crippen LogP contribution in [-0.2, 0) is 0 Å². The number of hydrogen-bond donors (Lipinski definition) is 0. The summed E-state index contributed by atoms with van der Waals surface area (Å²) in [7, 11) is 2.19. The molecule has 2 atom stereocenters. The van der Waals surface area contributed by atoms with Crippen LogP contribution >= 0.6 is 0 Å². The molecule has 0 radical (unpaired) electrons. The van der Waals surface area contributed by atoms with Crippen LogP contribution in [0.3, 0.4) is 0 Å². The van der Waals surface area contributed by atoms with Crippen molar-refractivity contribution < 1.29 is 0 Å². The molecule has 1 heterocycles. The number of fused-ring (bicyclic) bond motifs is 1. The van der Waals surface area contributed by atoms with Crippen molar-refractivity contribution in [1.29, 1.82) is 0 Å². The fraction of sp³-hybridized carbons (Fsp3) is 0.455. The van der Waals surface area contributed by atoms with Gasteiger partial charge in [-0.2, -0.15) is 0 Å². The third kappa shape index (κ3) is 0.896. The fourth-order valence-corrected chi connectivity index (χ4v) is 2.05. The average Bonchev–Trinajstić information content (AvgIpc) is 2.33. The van der Waals surface area contributed by atoms with E-state index in [-0.39, 0.29) is 0 Å². The third-order valence-corrected chi connectivity index (χ3v) is 3.12. The van der Waals surface area contributed by atoms with E-state index in [0.717, 1.165) is 0 Å². The van der Waals surface area contributed by atoms with E-state index in [2.05, 4.69) is 50.1 Å². The van der Waals surface area contributed by atoms with Gasteiger partial charge in [-0.05, 0) is 32.0 Å². The Morgan fingerprint density at radius 2 is 1.42 bits per heavy atom. The molecule has 1 aromatic carbocycles. The molecule has 64 valence electrons. The third-order valence-electron chi connectivity index (χ3n) is 3.12. The smallest absolute Gasteiger partial charge is 0.0326 e. The molecule has 1 heteroatoms. The molecule has 0 spiro atoms. The maximum Gasteiger partial charge on any atom is 0.0326 e. The van der Waals surface area contributed by atoms with Gasteiger partial charge in [-0.25, -0.2) is 0 Å². The van der Waals surface area contributed by atoms with E-state index in [1.807, 2.05) is 0 Å². The van der Waals surface area contributed by atoms with Crippen LogP contribution in [0.4, 0.5) is 0 Å². The van der Waals surface area contributed by atoms with E-state index in [4.69, 9.17) is 0 Å². The zero-order chi connectivity index (χ0) is 8.72. The van der Waals surface area contributed by atoms with E-state index in [1.165, 1.54) is 11.1 Å². The molecule has 2 unspecified atom stereocenters. The Balaban J connectivity index is 2.52. The summed E-state index contributed by atoms with van der Waals surface area (Å²) in [5, 5.41) is 0. The Morgan fingerprint density at radius 3 is 1.83 bits per heavy atom. The lowest BCUT2D eigenvalue weighted by Crippen LogP contribution is -2.16. The van der Waals surface area contributed by atoms with Gasteiger partial charge in [-0.1, -0.05) is 24.3 Å². The van der Waals surface area contributed by atoms with E-state index in [0.29, 0.717) is 12.1 Å². The van der Waals surface area contributed by atoms with Crippen molar-refractivity contribution in [3.05, 3.63) is 35.4 Å². The highest BCUT2D eigenvalue weighted by molar-refractivity contribution is 5.36. The highest BCUT2D eigenvalue weighted by Crippen LogP contribution is 2.39. The number of benzene rings is 1. The number of rotatable bonds is 0. The highest BCUT2D eigenvalue weighted by Gasteiger charge is 2.28. The summed E-state index contributed by atoms with van der Waals surface area (Å²) < 4.78 is 0. The van der Waals surface area contributed by atoms with Crippen molar-refractivity contribution in [2.75, 3.05) is 7.05 Å². The monoisotopic (exact) mass is 161 g/mol. The summed E-state index contributed by atoms with van der Waals surface area (Å²) in [5.74, 6) is 0. The van der Waals surface area contributed by atoms with Gasteiger partial charge in [0.25, 0.3) is 0 Å². The molecule has 0 fully saturated rings. The molecular weight excluding hydrogens is 146 g/mol. The van der Waals surface area contributed by atoms with Crippen LogP contribution in [0, 0.1) is 0 Å². The Kier molecular flexibility index (Phi) is 1.69. The van der Waals surface area contributed by atoms with Crippen molar-refractivity contribution in [2.24, 2.45) is 0 Å². The van der Waals surface area contributed by atoms with Gasteiger partial charge in [0.1, 0.15) is 0 Å². The first kappa shape index (κ1) is 7.81. The van der Waals surface area contributed by atoms with Crippen molar-refractivity contribution in [3.63, 3.8) is 0 Å². The van der Waals surface area contributed by atoms with Crippen LogP contribution in [0.5, 0.6) is 0 Å². The predicted molar refractivity (Wildman–Crippen MR) is 51.0 cm³/mol. The topological polar surface area (TPSA) is 3.24 Å². The Hall–Kier alpha value is -0.820. The standard InChI is InChI=1S/C11H15N/c1-8-10-6-4-5-7-11(10)9(2)12(8)3/h4-9H,1-3H3. The Bertz CT molecular complexity index is 264. The SMILES string of the molecule is CC1c2ccccc2C(C)N1C.